The van der Waals surface area contributed by atoms with E-state index in [0.29, 0.717) is 16.3 Å². The van der Waals surface area contributed by atoms with Crippen LogP contribution in [0.2, 0.25) is 10.0 Å². The predicted molar refractivity (Wildman–Crippen MR) is 79.5 cm³/mol. The zero-order valence-corrected chi connectivity index (χ0v) is 12.6. The maximum absolute atomic E-state index is 7.41. The number of amidine groups is 1. The molecule has 98 valence electrons. The first-order valence-electron chi connectivity index (χ1n) is 5.11. The minimum Gasteiger partial charge on any atom is -0.436 e. The Morgan fingerprint density at radius 3 is 2.74 bits per heavy atom. The summed E-state index contributed by atoms with van der Waals surface area (Å²) in [5.41, 5.74) is 5.77. The van der Waals surface area contributed by atoms with Gasteiger partial charge in [0.05, 0.1) is 5.02 Å². The fourth-order valence-corrected chi connectivity index (χ4v) is 2.11. The topological polar surface area (TPSA) is 72.0 Å². The quantitative estimate of drug-likeness (QED) is 0.635. The average molecular weight is 361 g/mol. The Hall–Kier alpha value is -1.30. The molecule has 1 aromatic carbocycles. The van der Waals surface area contributed by atoms with E-state index in [9.17, 15) is 0 Å². The second-order valence-electron chi connectivity index (χ2n) is 3.57. The van der Waals surface area contributed by atoms with Gasteiger partial charge in [0.1, 0.15) is 16.6 Å². The van der Waals surface area contributed by atoms with Gasteiger partial charge in [-0.2, -0.15) is 0 Å². The first kappa shape index (κ1) is 14.1. The van der Waals surface area contributed by atoms with Gasteiger partial charge in [0, 0.05) is 16.2 Å². The first-order valence-corrected chi connectivity index (χ1v) is 6.65. The molecule has 0 bridgehead atoms. The molecule has 3 N–H and O–H groups in total. The summed E-state index contributed by atoms with van der Waals surface area (Å²) in [4.78, 5) is 4.01. The van der Waals surface area contributed by atoms with Gasteiger partial charge in [0.2, 0.25) is 5.88 Å². The van der Waals surface area contributed by atoms with Gasteiger partial charge in [0.25, 0.3) is 0 Å². The van der Waals surface area contributed by atoms with E-state index in [1.54, 1.807) is 24.3 Å². The largest absolute Gasteiger partial charge is 0.436 e. The highest BCUT2D eigenvalue weighted by molar-refractivity contribution is 9.10. The SMILES string of the molecule is N=C(N)c1ccnc(Oc2cc(Br)ccc2Cl)c1Cl. The second kappa shape index (κ2) is 5.77. The van der Waals surface area contributed by atoms with Gasteiger partial charge in [-0.05, 0) is 24.3 Å². The number of nitrogens with one attached hydrogen (secondary N) is 1. The van der Waals surface area contributed by atoms with Crippen LogP contribution in [0.1, 0.15) is 5.56 Å². The number of hydrogen-bond donors (Lipinski definition) is 2. The van der Waals surface area contributed by atoms with Crippen molar-refractivity contribution >= 4 is 45.0 Å². The van der Waals surface area contributed by atoms with Gasteiger partial charge in [0.15, 0.2) is 0 Å². The predicted octanol–water partition coefficient (Wildman–Crippen LogP) is 4.23. The summed E-state index contributed by atoms with van der Waals surface area (Å²) < 4.78 is 6.37. The van der Waals surface area contributed by atoms with E-state index in [0.717, 1.165) is 4.47 Å². The van der Waals surface area contributed by atoms with Crippen LogP contribution in [0.15, 0.2) is 34.9 Å². The molecule has 1 heterocycles. The molecule has 0 unspecified atom stereocenters. The smallest absolute Gasteiger partial charge is 0.238 e. The van der Waals surface area contributed by atoms with Crippen LogP contribution in [-0.2, 0) is 0 Å². The molecule has 0 spiro atoms. The zero-order chi connectivity index (χ0) is 14.0. The van der Waals surface area contributed by atoms with Crippen molar-refractivity contribution in [3.63, 3.8) is 0 Å². The van der Waals surface area contributed by atoms with Crippen molar-refractivity contribution in [1.29, 1.82) is 5.41 Å². The molecule has 2 rings (SSSR count). The van der Waals surface area contributed by atoms with E-state index in [2.05, 4.69) is 20.9 Å². The molecule has 19 heavy (non-hydrogen) atoms. The van der Waals surface area contributed by atoms with Crippen molar-refractivity contribution in [3.8, 4) is 11.6 Å². The van der Waals surface area contributed by atoms with Crippen molar-refractivity contribution in [2.24, 2.45) is 5.73 Å². The molecule has 0 radical (unpaired) electrons. The van der Waals surface area contributed by atoms with Crippen LogP contribution in [0.5, 0.6) is 11.6 Å². The number of aromatic nitrogens is 1. The van der Waals surface area contributed by atoms with Gasteiger partial charge in [-0.1, -0.05) is 39.1 Å². The van der Waals surface area contributed by atoms with Crippen LogP contribution in [-0.4, -0.2) is 10.8 Å². The zero-order valence-electron chi connectivity index (χ0n) is 9.45. The lowest BCUT2D eigenvalue weighted by atomic mass is 10.2. The number of pyridine rings is 1. The lowest BCUT2D eigenvalue weighted by molar-refractivity contribution is 0.463. The Bertz CT molecular complexity index is 649. The van der Waals surface area contributed by atoms with Crippen LogP contribution in [0.3, 0.4) is 0 Å². The standard InChI is InChI=1S/C12H8BrCl2N3O/c13-6-1-2-8(14)9(5-6)19-12-10(15)7(11(16)17)3-4-18-12/h1-5H,(H3,16,17). The first-order chi connectivity index (χ1) is 8.99. The third-order valence-corrected chi connectivity index (χ3v) is 3.42. The van der Waals surface area contributed by atoms with E-state index in [1.165, 1.54) is 6.20 Å². The Labute approximate surface area is 128 Å². The number of rotatable bonds is 3. The Kier molecular flexibility index (Phi) is 4.29. The van der Waals surface area contributed by atoms with E-state index >= 15 is 0 Å². The van der Waals surface area contributed by atoms with Crippen molar-refractivity contribution in [2.45, 2.75) is 0 Å². The van der Waals surface area contributed by atoms with Crippen LogP contribution in [0.25, 0.3) is 0 Å². The van der Waals surface area contributed by atoms with Gasteiger partial charge < -0.3 is 10.5 Å². The molecule has 0 aliphatic carbocycles. The molecular formula is C12H8BrCl2N3O. The number of halogens is 3. The van der Waals surface area contributed by atoms with Gasteiger partial charge in [-0.15, -0.1) is 0 Å². The van der Waals surface area contributed by atoms with E-state index in [1.807, 2.05) is 0 Å². The summed E-state index contributed by atoms with van der Waals surface area (Å²) in [5.74, 6) is 0.401. The lowest BCUT2D eigenvalue weighted by Crippen LogP contribution is -2.12. The molecule has 0 aliphatic heterocycles. The molecule has 0 saturated heterocycles. The molecule has 0 aliphatic rings. The molecular weight excluding hydrogens is 353 g/mol. The minimum absolute atomic E-state index is 0.148. The highest BCUT2D eigenvalue weighted by Crippen LogP contribution is 2.35. The number of nitrogen functional groups attached to an aromatic ring is 1. The Morgan fingerprint density at radius 1 is 1.32 bits per heavy atom. The molecule has 7 heteroatoms. The van der Waals surface area contributed by atoms with Gasteiger partial charge in [-0.3, -0.25) is 5.41 Å². The third kappa shape index (κ3) is 3.18. The Morgan fingerprint density at radius 2 is 2.05 bits per heavy atom. The number of hydrogen-bond acceptors (Lipinski definition) is 3. The van der Waals surface area contributed by atoms with Crippen LogP contribution >= 0.6 is 39.1 Å². The summed E-state index contributed by atoms with van der Waals surface area (Å²) in [5, 5.41) is 8.00. The molecule has 0 fully saturated rings. The molecule has 1 aromatic heterocycles. The van der Waals surface area contributed by atoms with E-state index in [-0.39, 0.29) is 16.7 Å². The summed E-state index contributed by atoms with van der Waals surface area (Å²) in [7, 11) is 0. The number of ether oxygens (including phenoxy) is 1. The Balaban J connectivity index is 2.41. The highest BCUT2D eigenvalue weighted by atomic mass is 79.9. The minimum atomic E-state index is -0.155. The van der Waals surface area contributed by atoms with Crippen molar-refractivity contribution in [3.05, 3.63) is 50.5 Å². The van der Waals surface area contributed by atoms with Gasteiger partial charge >= 0.3 is 0 Å². The monoisotopic (exact) mass is 359 g/mol. The maximum atomic E-state index is 7.41. The lowest BCUT2D eigenvalue weighted by Gasteiger charge is -2.10. The average Bonchev–Trinajstić information content (AvgIpc) is 2.36. The van der Waals surface area contributed by atoms with E-state index < -0.39 is 0 Å². The van der Waals surface area contributed by atoms with Crippen LogP contribution in [0, 0.1) is 5.41 Å². The molecule has 0 saturated carbocycles. The van der Waals surface area contributed by atoms with Crippen LogP contribution < -0.4 is 10.5 Å². The van der Waals surface area contributed by atoms with E-state index in [4.69, 9.17) is 39.1 Å². The summed E-state index contributed by atoms with van der Waals surface area (Å²) in [6, 6.07) is 6.71. The summed E-state index contributed by atoms with van der Waals surface area (Å²) in [6.07, 6.45) is 1.46. The van der Waals surface area contributed by atoms with Gasteiger partial charge in [-0.25, -0.2) is 4.98 Å². The summed E-state index contributed by atoms with van der Waals surface area (Å²) in [6.45, 7) is 0. The van der Waals surface area contributed by atoms with Crippen LogP contribution in [0.4, 0.5) is 0 Å². The molecule has 2 aromatic rings. The maximum Gasteiger partial charge on any atom is 0.238 e. The highest BCUT2D eigenvalue weighted by Gasteiger charge is 2.13. The normalized spacial score (nSPS) is 10.3. The molecule has 0 amide bonds. The third-order valence-electron chi connectivity index (χ3n) is 2.25. The van der Waals surface area contributed by atoms with Crippen molar-refractivity contribution < 1.29 is 4.74 Å². The number of nitrogens with zero attached hydrogens (tertiary/aromatic N) is 1. The van der Waals surface area contributed by atoms with Crippen molar-refractivity contribution in [2.75, 3.05) is 0 Å². The number of benzene rings is 1. The van der Waals surface area contributed by atoms with Crippen molar-refractivity contribution in [1.82, 2.24) is 4.98 Å². The fourth-order valence-electron chi connectivity index (χ4n) is 1.36. The molecule has 4 nitrogen and oxygen atoms in total. The second-order valence-corrected chi connectivity index (χ2v) is 5.27. The molecule has 0 atom stereocenters. The fraction of sp³-hybridized carbons (Fsp3) is 0. The summed E-state index contributed by atoms with van der Waals surface area (Å²) >= 11 is 15.4. The number of nitrogens with two attached hydrogens (primary N) is 1.